The number of urea groups is 1. The van der Waals surface area contributed by atoms with Crippen LogP contribution in [-0.4, -0.2) is 43.7 Å². The molecular formula is C13H19FN3O+. The lowest BCUT2D eigenvalue weighted by atomic mass is 10.3. The number of anilines is 1. The molecule has 0 bridgehead atoms. The number of piperazine rings is 1. The largest absolute Gasteiger partial charge is 0.332 e. The smallest absolute Gasteiger partial charge is 0.322 e. The van der Waals surface area contributed by atoms with Crippen LogP contribution in [0.15, 0.2) is 24.3 Å². The third kappa shape index (κ3) is 3.20. The van der Waals surface area contributed by atoms with Gasteiger partial charge in [0, 0.05) is 5.69 Å². The molecule has 0 unspecified atom stereocenters. The zero-order valence-electron chi connectivity index (χ0n) is 10.6. The van der Waals surface area contributed by atoms with Crippen LogP contribution in [-0.2, 0) is 0 Å². The molecule has 0 atom stereocenters. The van der Waals surface area contributed by atoms with Crippen molar-refractivity contribution in [2.24, 2.45) is 0 Å². The van der Waals surface area contributed by atoms with E-state index in [1.165, 1.54) is 17.0 Å². The number of hydrogen-bond donors (Lipinski definition) is 2. The summed E-state index contributed by atoms with van der Waals surface area (Å²) < 4.78 is 13.0. The van der Waals surface area contributed by atoms with E-state index >= 15 is 0 Å². The van der Waals surface area contributed by atoms with Crippen LogP contribution in [0.5, 0.6) is 0 Å². The van der Waals surface area contributed by atoms with Gasteiger partial charge in [0.05, 0.1) is 32.7 Å². The maximum absolute atomic E-state index is 13.0. The van der Waals surface area contributed by atoms with Crippen molar-refractivity contribution in [3.8, 4) is 0 Å². The average Bonchev–Trinajstić information content (AvgIpc) is 2.39. The summed E-state index contributed by atoms with van der Waals surface area (Å²) in [5.74, 6) is -0.340. The standard InChI is InChI=1S/C13H18FN3O/c1-2-16-6-8-17(9-7-16)13(18)15-12-5-3-4-11(14)10-12/h3-5,10H,2,6-9H2,1H3,(H,15,18)/p+1. The lowest BCUT2D eigenvalue weighted by molar-refractivity contribution is -0.902. The fraction of sp³-hybridized carbons (Fsp3) is 0.462. The van der Waals surface area contributed by atoms with Crippen LogP contribution in [0.3, 0.4) is 0 Å². The fourth-order valence-corrected chi connectivity index (χ4v) is 2.15. The monoisotopic (exact) mass is 252 g/mol. The summed E-state index contributed by atoms with van der Waals surface area (Å²) in [4.78, 5) is 15.3. The highest BCUT2D eigenvalue weighted by molar-refractivity contribution is 5.89. The van der Waals surface area contributed by atoms with Gasteiger partial charge in [-0.2, -0.15) is 0 Å². The summed E-state index contributed by atoms with van der Waals surface area (Å²) in [7, 11) is 0. The van der Waals surface area contributed by atoms with Gasteiger partial charge in [0.1, 0.15) is 5.82 Å². The zero-order chi connectivity index (χ0) is 13.0. The Morgan fingerprint density at radius 3 is 2.78 bits per heavy atom. The van der Waals surface area contributed by atoms with Gasteiger partial charge in [-0.15, -0.1) is 0 Å². The molecule has 98 valence electrons. The van der Waals surface area contributed by atoms with E-state index in [2.05, 4.69) is 12.2 Å². The molecule has 0 aliphatic carbocycles. The summed E-state index contributed by atoms with van der Waals surface area (Å²) in [6.45, 7) is 6.71. The third-order valence-electron chi connectivity index (χ3n) is 3.33. The second-order valence-electron chi connectivity index (χ2n) is 4.53. The predicted octanol–water partition coefficient (Wildman–Crippen LogP) is 0.578. The Hall–Kier alpha value is -1.62. The molecule has 1 aromatic rings. The first-order chi connectivity index (χ1) is 8.69. The van der Waals surface area contributed by atoms with Gasteiger partial charge in [-0.1, -0.05) is 6.07 Å². The minimum absolute atomic E-state index is 0.143. The maximum Gasteiger partial charge on any atom is 0.322 e. The van der Waals surface area contributed by atoms with Crippen LogP contribution in [0, 0.1) is 5.82 Å². The molecule has 0 spiro atoms. The van der Waals surface area contributed by atoms with E-state index in [0.29, 0.717) is 5.69 Å². The summed E-state index contributed by atoms with van der Waals surface area (Å²) in [6, 6.07) is 5.82. The highest BCUT2D eigenvalue weighted by Gasteiger charge is 2.22. The molecule has 2 N–H and O–H groups in total. The van der Waals surface area contributed by atoms with Gasteiger partial charge in [-0.25, -0.2) is 9.18 Å². The summed E-state index contributed by atoms with van der Waals surface area (Å²) in [6.07, 6.45) is 0. The maximum atomic E-state index is 13.0. The summed E-state index contributed by atoms with van der Waals surface area (Å²) in [5, 5.41) is 2.72. The number of amides is 2. The number of likely N-dealkylation sites (N-methyl/N-ethyl adjacent to an activating group) is 1. The first-order valence-electron chi connectivity index (χ1n) is 6.34. The Morgan fingerprint density at radius 2 is 2.17 bits per heavy atom. The topological polar surface area (TPSA) is 36.8 Å². The number of nitrogens with one attached hydrogen (secondary N) is 2. The van der Waals surface area contributed by atoms with Crippen LogP contribution in [0.4, 0.5) is 14.9 Å². The molecule has 1 heterocycles. The third-order valence-corrected chi connectivity index (χ3v) is 3.33. The van der Waals surface area contributed by atoms with Crippen LogP contribution in [0.25, 0.3) is 0 Å². The molecule has 2 amide bonds. The number of carbonyl (C=O) groups excluding carboxylic acids is 1. The first kappa shape index (κ1) is 12.8. The van der Waals surface area contributed by atoms with Crippen LogP contribution >= 0.6 is 0 Å². The van der Waals surface area contributed by atoms with Crippen LogP contribution in [0.1, 0.15) is 6.92 Å². The highest BCUT2D eigenvalue weighted by atomic mass is 19.1. The SMILES string of the molecule is CC[NH+]1CCN(C(=O)Nc2cccc(F)c2)CC1. The second kappa shape index (κ2) is 5.82. The van der Waals surface area contributed by atoms with Crippen molar-refractivity contribution in [1.82, 2.24) is 4.90 Å². The van der Waals surface area contributed by atoms with E-state index < -0.39 is 0 Å². The first-order valence-corrected chi connectivity index (χ1v) is 6.34. The Kier molecular flexibility index (Phi) is 4.15. The molecule has 0 saturated carbocycles. The molecule has 1 aliphatic rings. The zero-order valence-corrected chi connectivity index (χ0v) is 10.6. The molecular weight excluding hydrogens is 233 g/mol. The number of carbonyl (C=O) groups is 1. The van der Waals surface area contributed by atoms with Gasteiger partial charge in [-0.05, 0) is 25.1 Å². The number of rotatable bonds is 2. The van der Waals surface area contributed by atoms with Crippen molar-refractivity contribution in [3.63, 3.8) is 0 Å². The number of halogens is 1. The average molecular weight is 252 g/mol. The van der Waals surface area contributed by atoms with E-state index in [-0.39, 0.29) is 11.8 Å². The van der Waals surface area contributed by atoms with Gasteiger partial charge >= 0.3 is 6.03 Å². The van der Waals surface area contributed by atoms with E-state index in [4.69, 9.17) is 0 Å². The van der Waals surface area contributed by atoms with Crippen molar-refractivity contribution in [2.75, 3.05) is 38.0 Å². The Balaban J connectivity index is 1.89. The molecule has 0 aromatic heterocycles. The number of nitrogens with zero attached hydrogens (tertiary/aromatic N) is 1. The van der Waals surface area contributed by atoms with Gasteiger partial charge in [-0.3, -0.25) is 0 Å². The molecule has 1 aliphatic heterocycles. The second-order valence-corrected chi connectivity index (χ2v) is 4.53. The normalized spacial score (nSPS) is 16.7. The number of benzene rings is 1. The number of quaternary nitrogens is 1. The lowest BCUT2D eigenvalue weighted by Gasteiger charge is -2.31. The molecule has 4 nitrogen and oxygen atoms in total. The predicted molar refractivity (Wildman–Crippen MR) is 68.2 cm³/mol. The Labute approximate surface area is 106 Å². The van der Waals surface area contributed by atoms with Gasteiger partial charge < -0.3 is 15.1 Å². The van der Waals surface area contributed by atoms with Crippen molar-refractivity contribution >= 4 is 11.7 Å². The molecule has 18 heavy (non-hydrogen) atoms. The van der Waals surface area contributed by atoms with E-state index in [1.807, 2.05) is 0 Å². The molecule has 0 radical (unpaired) electrons. The van der Waals surface area contributed by atoms with E-state index in [0.717, 1.165) is 32.7 Å². The van der Waals surface area contributed by atoms with Gasteiger partial charge in [0.2, 0.25) is 0 Å². The summed E-state index contributed by atoms with van der Waals surface area (Å²) >= 11 is 0. The fourth-order valence-electron chi connectivity index (χ4n) is 2.15. The quantitative estimate of drug-likeness (QED) is 0.793. The van der Waals surface area contributed by atoms with E-state index in [9.17, 15) is 9.18 Å². The van der Waals surface area contributed by atoms with Crippen LogP contribution in [0.2, 0.25) is 0 Å². The minimum Gasteiger partial charge on any atom is -0.332 e. The van der Waals surface area contributed by atoms with Crippen molar-refractivity contribution in [2.45, 2.75) is 6.92 Å². The van der Waals surface area contributed by atoms with Crippen molar-refractivity contribution < 1.29 is 14.1 Å². The molecule has 1 saturated heterocycles. The summed E-state index contributed by atoms with van der Waals surface area (Å²) in [5.41, 5.74) is 0.505. The lowest BCUT2D eigenvalue weighted by Crippen LogP contribution is -3.14. The van der Waals surface area contributed by atoms with Gasteiger partial charge in [0.15, 0.2) is 0 Å². The number of hydrogen-bond acceptors (Lipinski definition) is 1. The Morgan fingerprint density at radius 1 is 1.44 bits per heavy atom. The molecule has 5 heteroatoms. The molecule has 2 rings (SSSR count). The molecule has 1 fully saturated rings. The van der Waals surface area contributed by atoms with Crippen LogP contribution < -0.4 is 10.2 Å². The van der Waals surface area contributed by atoms with Gasteiger partial charge in [0.25, 0.3) is 0 Å². The van der Waals surface area contributed by atoms with Crippen molar-refractivity contribution in [3.05, 3.63) is 30.1 Å². The highest BCUT2D eigenvalue weighted by Crippen LogP contribution is 2.10. The molecule has 1 aromatic carbocycles. The Bertz CT molecular complexity index is 416. The minimum atomic E-state index is -0.340. The van der Waals surface area contributed by atoms with Crippen molar-refractivity contribution in [1.29, 1.82) is 0 Å². The van der Waals surface area contributed by atoms with E-state index in [1.54, 1.807) is 17.0 Å².